The quantitative estimate of drug-likeness (QED) is 0.808. The van der Waals surface area contributed by atoms with Gasteiger partial charge in [0, 0.05) is 6.04 Å². The molecule has 3 atom stereocenters. The van der Waals surface area contributed by atoms with Crippen LogP contribution < -0.4 is 5.32 Å². The third-order valence-corrected chi connectivity index (χ3v) is 5.81. The Hall–Kier alpha value is -0.580. The number of hydrogen-bond acceptors (Lipinski definition) is 3. The molecular weight excluding hydrogens is 238 g/mol. The lowest BCUT2D eigenvalue weighted by molar-refractivity contribution is -0.125. The van der Waals surface area contributed by atoms with Crippen LogP contribution in [0.1, 0.15) is 39.0 Å². The fraction of sp³-hybridized carbons (Fsp3) is 0.917. The maximum Gasteiger partial charge on any atom is 0.224 e. The van der Waals surface area contributed by atoms with Gasteiger partial charge in [-0.15, -0.1) is 0 Å². The molecule has 0 unspecified atom stereocenters. The van der Waals surface area contributed by atoms with E-state index in [4.69, 9.17) is 0 Å². The first-order valence-corrected chi connectivity index (χ1v) is 8.31. The molecular formula is C12H21NO3S. The minimum Gasteiger partial charge on any atom is -0.353 e. The number of nitrogens with one attached hydrogen (secondary N) is 1. The van der Waals surface area contributed by atoms with Gasteiger partial charge in [0.05, 0.1) is 17.4 Å². The highest BCUT2D eigenvalue weighted by Gasteiger charge is 2.34. The molecule has 17 heavy (non-hydrogen) atoms. The Morgan fingerprint density at radius 3 is 2.47 bits per heavy atom. The van der Waals surface area contributed by atoms with Crippen LogP contribution in [0.4, 0.5) is 0 Å². The predicted octanol–water partition coefficient (Wildman–Crippen LogP) is 1.12. The first-order valence-electron chi connectivity index (χ1n) is 6.49. The summed E-state index contributed by atoms with van der Waals surface area (Å²) in [5.41, 5.74) is 0. The van der Waals surface area contributed by atoms with E-state index in [-0.39, 0.29) is 29.4 Å². The maximum absolute atomic E-state index is 12.0. The molecule has 0 aromatic rings. The first-order chi connectivity index (χ1) is 7.98. The SMILES string of the molecule is C[C@@H]1CCCC[C@@H]1NC(=O)[C@H]1CCS(=O)(=O)C1. The van der Waals surface area contributed by atoms with Gasteiger partial charge in [-0.3, -0.25) is 4.79 Å². The number of rotatable bonds is 2. The lowest BCUT2D eigenvalue weighted by Gasteiger charge is -2.30. The van der Waals surface area contributed by atoms with E-state index >= 15 is 0 Å². The molecule has 1 saturated carbocycles. The van der Waals surface area contributed by atoms with Crippen LogP contribution in [0.5, 0.6) is 0 Å². The molecule has 2 aliphatic rings. The highest BCUT2D eigenvalue weighted by atomic mass is 32.2. The molecule has 1 amide bonds. The Morgan fingerprint density at radius 2 is 1.88 bits per heavy atom. The second kappa shape index (κ2) is 4.96. The molecule has 1 saturated heterocycles. The van der Waals surface area contributed by atoms with Crippen molar-refractivity contribution in [1.29, 1.82) is 0 Å². The van der Waals surface area contributed by atoms with Crippen molar-refractivity contribution >= 4 is 15.7 Å². The normalized spacial score (nSPS) is 36.6. The van der Waals surface area contributed by atoms with Crippen molar-refractivity contribution in [2.24, 2.45) is 11.8 Å². The Kier molecular flexibility index (Phi) is 3.76. The third-order valence-electron chi connectivity index (χ3n) is 4.04. The number of hydrogen-bond donors (Lipinski definition) is 1. The topological polar surface area (TPSA) is 63.2 Å². The molecule has 0 radical (unpaired) electrons. The van der Waals surface area contributed by atoms with E-state index in [0.29, 0.717) is 12.3 Å². The Morgan fingerprint density at radius 1 is 1.18 bits per heavy atom. The van der Waals surface area contributed by atoms with E-state index in [1.54, 1.807) is 0 Å². The molecule has 1 N–H and O–H groups in total. The summed E-state index contributed by atoms with van der Waals surface area (Å²) in [5, 5.41) is 3.04. The van der Waals surface area contributed by atoms with Crippen molar-refractivity contribution < 1.29 is 13.2 Å². The van der Waals surface area contributed by atoms with Crippen molar-refractivity contribution in [3.8, 4) is 0 Å². The summed E-state index contributed by atoms with van der Waals surface area (Å²) in [7, 11) is -2.96. The molecule has 5 heteroatoms. The second-order valence-electron chi connectivity index (χ2n) is 5.48. The van der Waals surface area contributed by atoms with Crippen molar-refractivity contribution in [2.75, 3.05) is 11.5 Å². The molecule has 1 aliphatic carbocycles. The minimum atomic E-state index is -2.96. The van der Waals surface area contributed by atoms with E-state index in [0.717, 1.165) is 19.3 Å². The molecule has 0 bridgehead atoms. The van der Waals surface area contributed by atoms with E-state index in [9.17, 15) is 13.2 Å². The van der Waals surface area contributed by atoms with Gasteiger partial charge in [0.2, 0.25) is 5.91 Å². The Bertz CT molecular complexity index is 391. The molecule has 2 rings (SSSR count). The van der Waals surface area contributed by atoms with E-state index in [1.165, 1.54) is 6.42 Å². The van der Waals surface area contributed by atoms with Crippen LogP contribution in [0, 0.1) is 11.8 Å². The zero-order valence-corrected chi connectivity index (χ0v) is 11.1. The van der Waals surface area contributed by atoms with Gasteiger partial charge in [-0.2, -0.15) is 0 Å². The summed E-state index contributed by atoms with van der Waals surface area (Å²) in [6.07, 6.45) is 5.10. The highest BCUT2D eigenvalue weighted by Crippen LogP contribution is 2.25. The number of sulfone groups is 1. The average molecular weight is 259 g/mol. The van der Waals surface area contributed by atoms with E-state index in [1.807, 2.05) is 0 Å². The fourth-order valence-corrected chi connectivity index (χ4v) is 4.57. The van der Waals surface area contributed by atoms with Gasteiger partial charge in [-0.1, -0.05) is 19.8 Å². The lowest BCUT2D eigenvalue weighted by Crippen LogP contribution is -2.44. The zero-order valence-electron chi connectivity index (χ0n) is 10.3. The minimum absolute atomic E-state index is 0.0416. The third kappa shape index (κ3) is 3.21. The molecule has 98 valence electrons. The van der Waals surface area contributed by atoms with Gasteiger partial charge in [0.25, 0.3) is 0 Å². The maximum atomic E-state index is 12.0. The molecule has 1 heterocycles. The zero-order chi connectivity index (χ0) is 12.5. The number of amides is 1. The standard InChI is InChI=1S/C12H21NO3S/c1-9-4-2-3-5-11(9)13-12(14)10-6-7-17(15,16)8-10/h9-11H,2-8H2,1H3,(H,13,14)/t9-,10+,11+/m1/s1. The van der Waals surface area contributed by atoms with Crippen LogP contribution in [-0.4, -0.2) is 31.9 Å². The Balaban J connectivity index is 1.89. The van der Waals surface area contributed by atoms with Gasteiger partial charge in [0.1, 0.15) is 0 Å². The van der Waals surface area contributed by atoms with Crippen LogP contribution in [0.15, 0.2) is 0 Å². The summed E-state index contributed by atoms with van der Waals surface area (Å²) < 4.78 is 22.6. The van der Waals surface area contributed by atoms with Gasteiger partial charge >= 0.3 is 0 Å². The summed E-state index contributed by atoms with van der Waals surface area (Å²) in [6, 6.07) is 0.250. The molecule has 2 fully saturated rings. The number of carbonyl (C=O) groups is 1. The smallest absolute Gasteiger partial charge is 0.224 e. The summed E-state index contributed by atoms with van der Waals surface area (Å²) in [5.74, 6) is 0.371. The molecule has 0 spiro atoms. The molecule has 0 aromatic carbocycles. The van der Waals surface area contributed by atoms with E-state index in [2.05, 4.69) is 12.2 Å². The van der Waals surface area contributed by atoms with Crippen LogP contribution in [0.2, 0.25) is 0 Å². The first kappa shape index (κ1) is 12.9. The summed E-state index contributed by atoms with van der Waals surface area (Å²) in [6.45, 7) is 2.16. The number of carbonyl (C=O) groups excluding carboxylic acids is 1. The second-order valence-corrected chi connectivity index (χ2v) is 7.71. The van der Waals surface area contributed by atoms with Gasteiger partial charge in [-0.25, -0.2) is 8.42 Å². The van der Waals surface area contributed by atoms with Crippen LogP contribution >= 0.6 is 0 Å². The van der Waals surface area contributed by atoms with Crippen molar-refractivity contribution in [1.82, 2.24) is 5.32 Å². The van der Waals surface area contributed by atoms with Crippen LogP contribution in [-0.2, 0) is 14.6 Å². The predicted molar refractivity (Wildman–Crippen MR) is 66.3 cm³/mol. The molecule has 1 aliphatic heterocycles. The summed E-state index contributed by atoms with van der Waals surface area (Å²) in [4.78, 5) is 12.0. The highest BCUT2D eigenvalue weighted by molar-refractivity contribution is 7.91. The van der Waals surface area contributed by atoms with E-state index < -0.39 is 9.84 Å². The van der Waals surface area contributed by atoms with Crippen LogP contribution in [0.25, 0.3) is 0 Å². The summed E-state index contributed by atoms with van der Waals surface area (Å²) >= 11 is 0. The van der Waals surface area contributed by atoms with Crippen molar-refractivity contribution in [2.45, 2.75) is 45.1 Å². The largest absolute Gasteiger partial charge is 0.353 e. The lowest BCUT2D eigenvalue weighted by atomic mass is 9.85. The average Bonchev–Trinajstić information content (AvgIpc) is 2.62. The Labute approximate surface area is 103 Å². The molecule has 4 nitrogen and oxygen atoms in total. The van der Waals surface area contributed by atoms with Crippen molar-refractivity contribution in [3.63, 3.8) is 0 Å². The monoisotopic (exact) mass is 259 g/mol. The van der Waals surface area contributed by atoms with Gasteiger partial charge in [0.15, 0.2) is 9.84 Å². The fourth-order valence-electron chi connectivity index (χ4n) is 2.83. The van der Waals surface area contributed by atoms with Gasteiger partial charge < -0.3 is 5.32 Å². The van der Waals surface area contributed by atoms with Crippen LogP contribution in [0.3, 0.4) is 0 Å². The van der Waals surface area contributed by atoms with Crippen molar-refractivity contribution in [3.05, 3.63) is 0 Å². The molecule has 0 aromatic heterocycles. The van der Waals surface area contributed by atoms with Gasteiger partial charge in [-0.05, 0) is 25.2 Å².